The molecule has 1 aromatic rings. The van der Waals surface area contributed by atoms with E-state index in [1.165, 1.54) is 17.3 Å². The summed E-state index contributed by atoms with van der Waals surface area (Å²) in [6, 6.07) is 8.39. The van der Waals surface area contributed by atoms with Crippen molar-refractivity contribution < 1.29 is 9.90 Å². The lowest BCUT2D eigenvalue weighted by atomic mass is 10.00. The molecule has 1 unspecified atom stereocenters. The highest BCUT2D eigenvalue weighted by atomic mass is 16.3. The summed E-state index contributed by atoms with van der Waals surface area (Å²) in [7, 11) is 0. The zero-order valence-corrected chi connectivity index (χ0v) is 13.5. The van der Waals surface area contributed by atoms with E-state index in [0.29, 0.717) is 12.1 Å². The lowest BCUT2D eigenvalue weighted by Crippen LogP contribution is -2.42. The van der Waals surface area contributed by atoms with E-state index >= 15 is 0 Å². The molecular formula is C18H25N3O2. The summed E-state index contributed by atoms with van der Waals surface area (Å²) < 4.78 is 0. The molecule has 1 aliphatic rings. The van der Waals surface area contributed by atoms with Crippen molar-refractivity contribution in [3.63, 3.8) is 0 Å². The summed E-state index contributed by atoms with van der Waals surface area (Å²) in [6.45, 7) is 4.34. The number of carbonyl (C=O) groups is 1. The number of aliphatic hydroxyl groups excluding tert-OH is 1. The van der Waals surface area contributed by atoms with Crippen molar-refractivity contribution >= 4 is 5.91 Å². The van der Waals surface area contributed by atoms with Crippen LogP contribution in [-0.2, 0) is 17.8 Å². The van der Waals surface area contributed by atoms with Crippen molar-refractivity contribution in [3.05, 3.63) is 59.3 Å². The quantitative estimate of drug-likeness (QED) is 0.539. The Bertz CT molecular complexity index is 596. The maximum absolute atomic E-state index is 11.9. The van der Waals surface area contributed by atoms with Crippen molar-refractivity contribution in [2.75, 3.05) is 19.6 Å². The highest BCUT2D eigenvalue weighted by molar-refractivity contribution is 5.95. The molecule has 23 heavy (non-hydrogen) atoms. The summed E-state index contributed by atoms with van der Waals surface area (Å²) in [5.74, 6) is -0.270. The third-order valence-electron chi connectivity index (χ3n) is 3.96. The molecular weight excluding hydrogens is 290 g/mol. The van der Waals surface area contributed by atoms with Gasteiger partial charge in [0.15, 0.2) is 0 Å². The fraction of sp³-hybridized carbons (Fsp3) is 0.389. The molecule has 1 amide bonds. The number of hydrogen-bond donors (Lipinski definition) is 3. The fourth-order valence-electron chi connectivity index (χ4n) is 2.77. The Balaban J connectivity index is 1.80. The van der Waals surface area contributed by atoms with Gasteiger partial charge in [-0.15, -0.1) is 0 Å². The van der Waals surface area contributed by atoms with Gasteiger partial charge in [0, 0.05) is 32.4 Å². The number of β-amino-alcohol motifs (C(OH)–C–C–N with tert-alkyl or cyclic N) is 1. The minimum Gasteiger partial charge on any atom is -0.404 e. The number of rotatable bonds is 6. The second-order valence-electron chi connectivity index (χ2n) is 5.74. The van der Waals surface area contributed by atoms with E-state index in [-0.39, 0.29) is 12.5 Å². The van der Waals surface area contributed by atoms with Crippen molar-refractivity contribution in [2.45, 2.75) is 26.0 Å². The number of allylic oxidation sites excluding steroid dienone is 1. The minimum absolute atomic E-state index is 0.214. The van der Waals surface area contributed by atoms with Crippen LogP contribution < -0.4 is 11.1 Å². The zero-order chi connectivity index (χ0) is 16.7. The van der Waals surface area contributed by atoms with Gasteiger partial charge in [0.05, 0.1) is 11.7 Å². The Kier molecular flexibility index (Phi) is 6.38. The number of amides is 1. The molecule has 0 saturated heterocycles. The van der Waals surface area contributed by atoms with Gasteiger partial charge >= 0.3 is 0 Å². The largest absolute Gasteiger partial charge is 0.404 e. The molecule has 1 atom stereocenters. The van der Waals surface area contributed by atoms with Crippen LogP contribution in [0.3, 0.4) is 0 Å². The molecule has 0 bridgehead atoms. The third kappa shape index (κ3) is 4.94. The van der Waals surface area contributed by atoms with Gasteiger partial charge in [0.2, 0.25) is 0 Å². The number of nitrogens with zero attached hydrogens (tertiary/aromatic N) is 1. The molecule has 2 rings (SSSR count). The van der Waals surface area contributed by atoms with Gasteiger partial charge in [-0.25, -0.2) is 0 Å². The van der Waals surface area contributed by atoms with E-state index in [1.807, 2.05) is 13.0 Å². The number of aliphatic hydroxyl groups is 1. The summed E-state index contributed by atoms with van der Waals surface area (Å²) >= 11 is 0. The van der Waals surface area contributed by atoms with Crippen LogP contribution in [0.1, 0.15) is 18.1 Å². The first kappa shape index (κ1) is 17.2. The van der Waals surface area contributed by atoms with Crippen LogP contribution in [-0.4, -0.2) is 41.7 Å². The molecule has 4 N–H and O–H groups in total. The Morgan fingerprint density at radius 1 is 1.43 bits per heavy atom. The highest BCUT2D eigenvalue weighted by Crippen LogP contribution is 2.18. The second-order valence-corrected chi connectivity index (χ2v) is 5.74. The Hall–Kier alpha value is -2.11. The first-order valence-corrected chi connectivity index (χ1v) is 7.94. The lowest BCUT2D eigenvalue weighted by Gasteiger charge is -2.30. The topological polar surface area (TPSA) is 78.6 Å². The Morgan fingerprint density at radius 2 is 2.17 bits per heavy atom. The van der Waals surface area contributed by atoms with Crippen LogP contribution in [0.25, 0.3) is 0 Å². The molecule has 0 aromatic heterocycles. The average molecular weight is 315 g/mol. The van der Waals surface area contributed by atoms with Crippen LogP contribution in [0.5, 0.6) is 0 Å². The van der Waals surface area contributed by atoms with E-state index in [0.717, 1.165) is 19.5 Å². The highest BCUT2D eigenvalue weighted by Gasteiger charge is 2.18. The van der Waals surface area contributed by atoms with Crippen molar-refractivity contribution in [2.24, 2.45) is 5.73 Å². The lowest BCUT2D eigenvalue weighted by molar-refractivity contribution is -0.117. The SMILES string of the molecule is C/C=C\C(=C/N)C(=O)NCC(O)CN1CCc2ccccc2C1. The van der Waals surface area contributed by atoms with Crippen LogP contribution in [0.4, 0.5) is 0 Å². The van der Waals surface area contributed by atoms with E-state index in [2.05, 4.69) is 28.4 Å². The van der Waals surface area contributed by atoms with Crippen LogP contribution in [0.2, 0.25) is 0 Å². The molecule has 0 fully saturated rings. The molecule has 0 saturated carbocycles. The van der Waals surface area contributed by atoms with E-state index in [1.54, 1.807) is 12.2 Å². The predicted octanol–water partition coefficient (Wildman–Crippen LogP) is 0.941. The van der Waals surface area contributed by atoms with E-state index in [4.69, 9.17) is 5.73 Å². The molecule has 0 radical (unpaired) electrons. The van der Waals surface area contributed by atoms with Gasteiger partial charge in [-0.3, -0.25) is 9.69 Å². The summed E-state index contributed by atoms with van der Waals surface area (Å²) in [6.07, 6.45) is 5.05. The van der Waals surface area contributed by atoms with Gasteiger partial charge < -0.3 is 16.2 Å². The first-order chi connectivity index (χ1) is 11.1. The fourth-order valence-corrected chi connectivity index (χ4v) is 2.77. The minimum atomic E-state index is -0.603. The van der Waals surface area contributed by atoms with Crippen LogP contribution >= 0.6 is 0 Å². The molecule has 124 valence electrons. The van der Waals surface area contributed by atoms with Crippen molar-refractivity contribution in [1.29, 1.82) is 0 Å². The Morgan fingerprint density at radius 3 is 2.87 bits per heavy atom. The predicted molar refractivity (Wildman–Crippen MR) is 91.5 cm³/mol. The number of nitrogens with one attached hydrogen (secondary N) is 1. The van der Waals surface area contributed by atoms with Gasteiger partial charge in [0.25, 0.3) is 5.91 Å². The molecule has 1 heterocycles. The average Bonchev–Trinajstić information content (AvgIpc) is 2.57. The van der Waals surface area contributed by atoms with Gasteiger partial charge in [-0.1, -0.05) is 36.4 Å². The first-order valence-electron chi connectivity index (χ1n) is 7.94. The molecule has 5 nitrogen and oxygen atoms in total. The molecule has 5 heteroatoms. The summed E-state index contributed by atoms with van der Waals surface area (Å²) in [5.41, 5.74) is 8.51. The van der Waals surface area contributed by atoms with Crippen LogP contribution in [0.15, 0.2) is 48.2 Å². The van der Waals surface area contributed by atoms with Crippen LogP contribution in [0, 0.1) is 0 Å². The maximum Gasteiger partial charge on any atom is 0.252 e. The maximum atomic E-state index is 11.9. The van der Waals surface area contributed by atoms with Gasteiger partial charge in [0.1, 0.15) is 0 Å². The molecule has 0 spiro atoms. The number of fused-ring (bicyclic) bond motifs is 1. The molecule has 1 aliphatic heterocycles. The van der Waals surface area contributed by atoms with Gasteiger partial charge in [-0.05, 0) is 24.5 Å². The smallest absolute Gasteiger partial charge is 0.252 e. The van der Waals surface area contributed by atoms with E-state index < -0.39 is 6.10 Å². The van der Waals surface area contributed by atoms with E-state index in [9.17, 15) is 9.90 Å². The summed E-state index contributed by atoms with van der Waals surface area (Å²) in [4.78, 5) is 14.1. The zero-order valence-electron chi connectivity index (χ0n) is 13.5. The Labute approximate surface area is 137 Å². The molecule has 0 aliphatic carbocycles. The van der Waals surface area contributed by atoms with Crippen molar-refractivity contribution in [1.82, 2.24) is 10.2 Å². The third-order valence-corrected chi connectivity index (χ3v) is 3.96. The monoisotopic (exact) mass is 315 g/mol. The van der Waals surface area contributed by atoms with Crippen molar-refractivity contribution in [3.8, 4) is 0 Å². The second kappa shape index (κ2) is 8.50. The number of nitrogens with two attached hydrogens (primary N) is 1. The number of benzene rings is 1. The number of hydrogen-bond acceptors (Lipinski definition) is 4. The summed E-state index contributed by atoms with van der Waals surface area (Å²) in [5, 5.41) is 12.9. The molecule has 1 aromatic carbocycles. The number of carbonyl (C=O) groups excluding carboxylic acids is 1. The normalized spacial score (nSPS) is 17.0. The standard InChI is InChI=1S/C18H25N3O2/c1-2-5-15(10-19)18(23)20-11-17(22)13-21-9-8-14-6-3-4-7-16(14)12-21/h2-7,10,17,22H,8-9,11-13,19H2,1H3,(H,20,23)/b5-2-,15-10+. The van der Waals surface area contributed by atoms with Gasteiger partial charge in [-0.2, -0.15) is 0 Å².